The van der Waals surface area contributed by atoms with Gasteiger partial charge >= 0.3 is 5.97 Å². The van der Waals surface area contributed by atoms with E-state index >= 15 is 0 Å². The normalized spacial score (nSPS) is 10.8. The maximum Gasteiger partial charge on any atom is 0.359 e. The molecule has 7 nitrogen and oxygen atoms in total. The topological polar surface area (TPSA) is 79.7 Å². The number of aryl methyl sites for hydroxylation is 1. The molecule has 1 aromatic heterocycles. The van der Waals surface area contributed by atoms with Gasteiger partial charge in [0.2, 0.25) is 0 Å². The number of hydrogen-bond donors (Lipinski definition) is 0. The number of nitrogens with zero attached hydrogens (tertiary/aromatic N) is 2. The molecule has 158 valence electrons. The van der Waals surface area contributed by atoms with Crippen LogP contribution < -0.4 is 15.0 Å². The number of carbonyl (C=O) groups is 1. The van der Waals surface area contributed by atoms with Crippen LogP contribution in [0.15, 0.2) is 47.3 Å². The maximum absolute atomic E-state index is 12.9. The van der Waals surface area contributed by atoms with Crippen molar-refractivity contribution in [2.75, 3.05) is 14.2 Å². The van der Waals surface area contributed by atoms with Crippen molar-refractivity contribution in [3.63, 3.8) is 0 Å². The van der Waals surface area contributed by atoms with Gasteiger partial charge in [0.1, 0.15) is 6.61 Å². The summed E-state index contributed by atoms with van der Waals surface area (Å²) >= 11 is 0. The van der Waals surface area contributed by atoms with Gasteiger partial charge in [0, 0.05) is 17.5 Å². The van der Waals surface area contributed by atoms with Gasteiger partial charge in [-0.15, -0.1) is 0 Å². The first-order valence-electron chi connectivity index (χ1n) is 9.97. The molecule has 0 saturated heterocycles. The van der Waals surface area contributed by atoms with Crippen LogP contribution in [0.1, 0.15) is 42.2 Å². The Balaban J connectivity index is 1.91. The van der Waals surface area contributed by atoms with Gasteiger partial charge in [0.05, 0.1) is 19.6 Å². The monoisotopic (exact) mass is 410 g/mol. The number of methoxy groups -OCH3 is 2. The van der Waals surface area contributed by atoms with E-state index in [1.165, 1.54) is 11.8 Å². The van der Waals surface area contributed by atoms with Gasteiger partial charge < -0.3 is 14.2 Å². The second-order valence-electron chi connectivity index (χ2n) is 6.86. The maximum atomic E-state index is 12.9. The van der Waals surface area contributed by atoms with Crippen molar-refractivity contribution in [1.29, 1.82) is 0 Å². The van der Waals surface area contributed by atoms with Crippen LogP contribution in [-0.4, -0.2) is 30.0 Å². The Morgan fingerprint density at radius 2 is 1.77 bits per heavy atom. The summed E-state index contributed by atoms with van der Waals surface area (Å²) in [5.41, 5.74) is 0.599. The second kappa shape index (κ2) is 9.91. The largest absolute Gasteiger partial charge is 0.493 e. The number of benzene rings is 2. The zero-order valence-electron chi connectivity index (χ0n) is 17.5. The van der Waals surface area contributed by atoms with E-state index in [4.69, 9.17) is 14.2 Å². The third kappa shape index (κ3) is 4.45. The number of fused-ring (bicyclic) bond motifs is 1. The van der Waals surface area contributed by atoms with Crippen molar-refractivity contribution >= 4 is 16.7 Å². The lowest BCUT2D eigenvalue weighted by Crippen LogP contribution is -2.26. The van der Waals surface area contributed by atoms with E-state index in [1.807, 2.05) is 0 Å². The predicted octanol–water partition coefficient (Wildman–Crippen LogP) is 3.96. The zero-order valence-corrected chi connectivity index (χ0v) is 17.5. The lowest BCUT2D eigenvalue weighted by Gasteiger charge is -2.14. The molecule has 3 rings (SSSR count). The molecule has 0 spiro atoms. The van der Waals surface area contributed by atoms with E-state index in [-0.39, 0.29) is 17.9 Å². The van der Waals surface area contributed by atoms with E-state index in [1.54, 1.807) is 49.6 Å². The summed E-state index contributed by atoms with van der Waals surface area (Å²) in [6, 6.07) is 12.3. The van der Waals surface area contributed by atoms with Crippen LogP contribution in [0.2, 0.25) is 0 Å². The molecule has 0 aliphatic rings. The number of esters is 1. The van der Waals surface area contributed by atoms with Crippen LogP contribution in [0.4, 0.5) is 0 Å². The molecule has 0 bridgehead atoms. The Hall–Kier alpha value is -3.35. The first kappa shape index (κ1) is 21.4. The van der Waals surface area contributed by atoms with Gasteiger partial charge in [-0.1, -0.05) is 50.1 Å². The van der Waals surface area contributed by atoms with Gasteiger partial charge in [-0.3, -0.25) is 4.79 Å². The molecule has 30 heavy (non-hydrogen) atoms. The average molecular weight is 410 g/mol. The molecule has 2 aromatic carbocycles. The number of rotatable bonds is 9. The minimum absolute atomic E-state index is 0.00975. The number of hydrogen-bond acceptors (Lipinski definition) is 6. The third-order valence-electron chi connectivity index (χ3n) is 4.88. The van der Waals surface area contributed by atoms with Gasteiger partial charge in [-0.25, -0.2) is 9.48 Å². The highest BCUT2D eigenvalue weighted by Crippen LogP contribution is 2.31. The minimum Gasteiger partial charge on any atom is -0.493 e. The Kier molecular flexibility index (Phi) is 7.06. The smallest absolute Gasteiger partial charge is 0.359 e. The number of aromatic nitrogens is 2. The van der Waals surface area contributed by atoms with E-state index in [2.05, 4.69) is 12.0 Å². The lowest BCUT2D eigenvalue weighted by atomic mass is 10.1. The molecule has 0 aliphatic heterocycles. The third-order valence-corrected chi connectivity index (χ3v) is 4.88. The van der Waals surface area contributed by atoms with Gasteiger partial charge in [-0.2, -0.15) is 5.10 Å². The van der Waals surface area contributed by atoms with E-state index < -0.39 is 5.97 Å². The van der Waals surface area contributed by atoms with Crippen LogP contribution in [0.5, 0.6) is 11.5 Å². The highest BCUT2D eigenvalue weighted by Gasteiger charge is 2.19. The molecular formula is C23H26N2O5. The Morgan fingerprint density at radius 3 is 2.47 bits per heavy atom. The number of carbonyl (C=O) groups excluding carboxylic acids is 1. The van der Waals surface area contributed by atoms with Crippen molar-refractivity contribution in [1.82, 2.24) is 9.78 Å². The summed E-state index contributed by atoms with van der Waals surface area (Å²) in [6.45, 7) is 2.54. The zero-order chi connectivity index (χ0) is 21.5. The van der Waals surface area contributed by atoms with Crippen molar-refractivity contribution in [3.8, 4) is 11.5 Å². The fraction of sp³-hybridized carbons (Fsp3) is 0.348. The highest BCUT2D eigenvalue weighted by atomic mass is 16.5. The van der Waals surface area contributed by atoms with Gasteiger partial charge in [-0.05, 0) is 18.6 Å². The van der Waals surface area contributed by atoms with E-state index in [9.17, 15) is 9.59 Å². The first-order chi connectivity index (χ1) is 14.6. The summed E-state index contributed by atoms with van der Waals surface area (Å²) in [7, 11) is 3.08. The fourth-order valence-corrected chi connectivity index (χ4v) is 3.33. The summed E-state index contributed by atoms with van der Waals surface area (Å²) in [5, 5.41) is 5.27. The number of unbranched alkanes of at least 4 members (excludes halogenated alkanes) is 2. The molecule has 0 radical (unpaired) electrons. The molecule has 0 aliphatic carbocycles. The second-order valence-corrected chi connectivity index (χ2v) is 6.86. The van der Waals surface area contributed by atoms with Crippen LogP contribution in [0.25, 0.3) is 10.8 Å². The molecular weight excluding hydrogens is 384 g/mol. The Labute approximate surface area is 175 Å². The molecule has 7 heteroatoms. The molecule has 0 N–H and O–H groups in total. The summed E-state index contributed by atoms with van der Waals surface area (Å²) < 4.78 is 17.6. The quantitative estimate of drug-likeness (QED) is 0.392. The summed E-state index contributed by atoms with van der Waals surface area (Å²) in [6.07, 6.45) is 2.83. The molecule has 0 atom stereocenters. The standard InChI is InChI=1S/C23H26N2O5/c1-4-5-8-14-25-22(26)18-12-7-6-11-17(18)20(24-25)23(27)30-15-16-10-9-13-19(28-2)21(16)29-3/h6-7,9-13H,4-5,8,14-15H2,1-3H3. The summed E-state index contributed by atoms with van der Waals surface area (Å²) in [5.74, 6) is 0.467. The van der Waals surface area contributed by atoms with Crippen LogP contribution in [0, 0.1) is 0 Å². The van der Waals surface area contributed by atoms with Crippen molar-refractivity contribution < 1.29 is 19.0 Å². The van der Waals surface area contributed by atoms with Gasteiger partial charge in [0.25, 0.3) is 5.56 Å². The fourth-order valence-electron chi connectivity index (χ4n) is 3.33. The number of ether oxygens (including phenoxy) is 3. The van der Waals surface area contributed by atoms with Gasteiger partial charge in [0.15, 0.2) is 17.2 Å². The molecule has 0 unspecified atom stereocenters. The SMILES string of the molecule is CCCCCn1nc(C(=O)OCc2cccc(OC)c2OC)c2ccccc2c1=O. The van der Waals surface area contributed by atoms with Crippen molar-refractivity contribution in [3.05, 3.63) is 64.1 Å². The summed E-state index contributed by atoms with van der Waals surface area (Å²) in [4.78, 5) is 25.7. The predicted molar refractivity (Wildman–Crippen MR) is 114 cm³/mol. The first-order valence-corrected chi connectivity index (χ1v) is 9.97. The van der Waals surface area contributed by atoms with Crippen LogP contribution in [0.3, 0.4) is 0 Å². The van der Waals surface area contributed by atoms with Crippen molar-refractivity contribution in [2.24, 2.45) is 0 Å². The lowest BCUT2D eigenvalue weighted by molar-refractivity contribution is 0.0462. The molecule has 0 amide bonds. The van der Waals surface area contributed by atoms with Crippen molar-refractivity contribution in [2.45, 2.75) is 39.3 Å². The van der Waals surface area contributed by atoms with Crippen LogP contribution in [-0.2, 0) is 17.9 Å². The average Bonchev–Trinajstić information content (AvgIpc) is 2.78. The molecule has 1 heterocycles. The van der Waals surface area contributed by atoms with E-state index in [0.717, 1.165) is 19.3 Å². The van der Waals surface area contributed by atoms with E-state index in [0.29, 0.717) is 34.4 Å². The van der Waals surface area contributed by atoms with Crippen LogP contribution >= 0.6 is 0 Å². The number of para-hydroxylation sites is 1. The Bertz CT molecular complexity index is 1090. The molecule has 3 aromatic rings. The molecule has 0 saturated carbocycles. The minimum atomic E-state index is -0.597. The molecule has 0 fully saturated rings. The Morgan fingerprint density at radius 1 is 1.00 bits per heavy atom. The highest BCUT2D eigenvalue weighted by molar-refractivity contribution is 6.02.